The average Bonchev–Trinajstić information content (AvgIpc) is 2.69. The number of aryl methyl sites for hydroxylation is 2. The molecule has 2 amide bonds. The summed E-state index contributed by atoms with van der Waals surface area (Å²) in [6, 6.07) is 12.7. The van der Waals surface area contributed by atoms with Gasteiger partial charge in [0.15, 0.2) is 0 Å². The van der Waals surface area contributed by atoms with Gasteiger partial charge in [0.1, 0.15) is 0 Å². The van der Waals surface area contributed by atoms with Gasteiger partial charge in [-0.25, -0.2) is 0 Å². The highest BCUT2D eigenvalue weighted by atomic mass is 35.5. The van der Waals surface area contributed by atoms with Crippen molar-refractivity contribution in [1.29, 1.82) is 0 Å². The molecule has 0 aromatic heterocycles. The highest BCUT2D eigenvalue weighted by Crippen LogP contribution is 2.18. The first kappa shape index (κ1) is 20.4. The van der Waals surface area contributed by atoms with E-state index in [9.17, 15) is 9.59 Å². The lowest BCUT2D eigenvalue weighted by Gasteiger charge is -2.37. The predicted octanol–water partition coefficient (Wildman–Crippen LogP) is 3.74. The number of piperazine rings is 1. The van der Waals surface area contributed by atoms with E-state index in [0.717, 1.165) is 11.3 Å². The van der Waals surface area contributed by atoms with Gasteiger partial charge < -0.3 is 10.2 Å². The molecule has 1 aliphatic rings. The third-order valence-corrected chi connectivity index (χ3v) is 5.51. The third-order valence-electron chi connectivity index (χ3n) is 5.26. The van der Waals surface area contributed by atoms with Gasteiger partial charge in [0.2, 0.25) is 5.91 Å². The van der Waals surface area contributed by atoms with Crippen LogP contribution in [0.2, 0.25) is 5.02 Å². The monoisotopic (exact) mass is 399 g/mol. The molecule has 28 heavy (non-hydrogen) atoms. The Balaban J connectivity index is 1.55. The Bertz CT molecular complexity index is 859. The van der Waals surface area contributed by atoms with E-state index in [1.807, 2.05) is 37.8 Å². The largest absolute Gasteiger partial charge is 0.336 e. The van der Waals surface area contributed by atoms with Crippen LogP contribution in [0.5, 0.6) is 0 Å². The molecule has 1 aliphatic heterocycles. The molecule has 0 spiro atoms. The van der Waals surface area contributed by atoms with Crippen LogP contribution in [0.15, 0.2) is 42.5 Å². The zero-order chi connectivity index (χ0) is 20.3. The van der Waals surface area contributed by atoms with Crippen molar-refractivity contribution >= 4 is 29.1 Å². The topological polar surface area (TPSA) is 52.7 Å². The number of carbonyl (C=O) groups is 2. The first-order valence-electron chi connectivity index (χ1n) is 9.52. The summed E-state index contributed by atoms with van der Waals surface area (Å²) in [6.07, 6.45) is 0. The molecular weight excluding hydrogens is 374 g/mol. The first-order valence-corrected chi connectivity index (χ1v) is 9.90. The third kappa shape index (κ3) is 4.72. The Hall–Kier alpha value is -2.37. The van der Waals surface area contributed by atoms with Crippen LogP contribution in [0.25, 0.3) is 0 Å². The molecule has 0 saturated carbocycles. The van der Waals surface area contributed by atoms with E-state index < -0.39 is 0 Å². The van der Waals surface area contributed by atoms with Crippen molar-refractivity contribution in [1.82, 2.24) is 9.80 Å². The van der Waals surface area contributed by atoms with Gasteiger partial charge in [0.25, 0.3) is 5.91 Å². The Morgan fingerprint density at radius 3 is 2.25 bits per heavy atom. The molecule has 0 aliphatic carbocycles. The van der Waals surface area contributed by atoms with E-state index in [2.05, 4.69) is 16.3 Å². The second kappa shape index (κ2) is 8.76. The summed E-state index contributed by atoms with van der Waals surface area (Å²) in [6.45, 7) is 8.48. The van der Waals surface area contributed by atoms with Gasteiger partial charge in [-0.1, -0.05) is 29.3 Å². The van der Waals surface area contributed by atoms with Crippen LogP contribution in [-0.2, 0) is 4.79 Å². The van der Waals surface area contributed by atoms with Gasteiger partial charge in [-0.3, -0.25) is 14.5 Å². The van der Waals surface area contributed by atoms with Crippen molar-refractivity contribution in [2.75, 3.05) is 31.5 Å². The van der Waals surface area contributed by atoms with Gasteiger partial charge in [-0.05, 0) is 56.7 Å². The van der Waals surface area contributed by atoms with E-state index in [4.69, 9.17) is 11.6 Å². The van der Waals surface area contributed by atoms with Crippen LogP contribution in [0.4, 0.5) is 5.69 Å². The second-order valence-electron chi connectivity index (χ2n) is 7.32. The fraction of sp³-hybridized carbons (Fsp3) is 0.364. The Kier molecular flexibility index (Phi) is 6.37. The maximum absolute atomic E-state index is 12.7. The number of hydrogen-bond donors (Lipinski definition) is 1. The van der Waals surface area contributed by atoms with Crippen LogP contribution in [-0.4, -0.2) is 53.8 Å². The zero-order valence-electron chi connectivity index (χ0n) is 16.5. The molecule has 0 radical (unpaired) electrons. The van der Waals surface area contributed by atoms with E-state index in [1.165, 1.54) is 5.56 Å². The SMILES string of the molecule is Cc1ccc(NC(=O)C(C)N2CCN(C(=O)c3ccc(Cl)cc3)CC2)c(C)c1. The number of halogens is 1. The van der Waals surface area contributed by atoms with Gasteiger partial charge in [-0.2, -0.15) is 0 Å². The van der Waals surface area contributed by atoms with Gasteiger partial charge in [0.05, 0.1) is 6.04 Å². The number of nitrogens with zero attached hydrogens (tertiary/aromatic N) is 2. The molecule has 1 atom stereocenters. The summed E-state index contributed by atoms with van der Waals surface area (Å²) in [5.41, 5.74) is 3.71. The number of amides is 2. The van der Waals surface area contributed by atoms with Crippen LogP contribution in [0.1, 0.15) is 28.4 Å². The molecule has 6 heteroatoms. The van der Waals surface area contributed by atoms with Crippen LogP contribution >= 0.6 is 11.6 Å². The van der Waals surface area contributed by atoms with Crippen molar-refractivity contribution in [3.05, 3.63) is 64.2 Å². The van der Waals surface area contributed by atoms with Crippen molar-refractivity contribution in [3.63, 3.8) is 0 Å². The Morgan fingerprint density at radius 2 is 1.64 bits per heavy atom. The molecule has 3 rings (SSSR count). The van der Waals surface area contributed by atoms with Crippen molar-refractivity contribution in [2.45, 2.75) is 26.8 Å². The zero-order valence-corrected chi connectivity index (χ0v) is 17.3. The molecule has 1 unspecified atom stereocenters. The lowest BCUT2D eigenvalue weighted by Crippen LogP contribution is -2.54. The van der Waals surface area contributed by atoms with E-state index in [1.54, 1.807) is 24.3 Å². The number of anilines is 1. The van der Waals surface area contributed by atoms with E-state index >= 15 is 0 Å². The molecule has 2 aromatic rings. The summed E-state index contributed by atoms with van der Waals surface area (Å²) in [7, 11) is 0. The van der Waals surface area contributed by atoms with Crippen molar-refractivity contribution in [3.8, 4) is 0 Å². The maximum Gasteiger partial charge on any atom is 0.253 e. The number of nitrogens with one attached hydrogen (secondary N) is 1. The Morgan fingerprint density at radius 1 is 1.00 bits per heavy atom. The standard InChI is InChI=1S/C22H26ClN3O2/c1-15-4-9-20(16(2)14-15)24-21(27)17(3)25-10-12-26(13-11-25)22(28)18-5-7-19(23)8-6-18/h4-9,14,17H,10-13H2,1-3H3,(H,24,27). The molecule has 148 valence electrons. The molecular formula is C22H26ClN3O2. The van der Waals surface area contributed by atoms with Gasteiger partial charge in [0, 0.05) is 42.5 Å². The fourth-order valence-electron chi connectivity index (χ4n) is 3.44. The molecule has 1 heterocycles. The van der Waals surface area contributed by atoms with Crippen LogP contribution in [0.3, 0.4) is 0 Å². The van der Waals surface area contributed by atoms with E-state index in [-0.39, 0.29) is 17.9 Å². The lowest BCUT2D eigenvalue weighted by atomic mass is 10.1. The van der Waals surface area contributed by atoms with Crippen molar-refractivity contribution in [2.24, 2.45) is 0 Å². The minimum Gasteiger partial charge on any atom is -0.336 e. The first-order chi connectivity index (χ1) is 13.3. The average molecular weight is 400 g/mol. The smallest absolute Gasteiger partial charge is 0.253 e. The fourth-order valence-corrected chi connectivity index (χ4v) is 3.57. The molecule has 1 saturated heterocycles. The lowest BCUT2D eigenvalue weighted by molar-refractivity contribution is -0.121. The molecule has 1 N–H and O–H groups in total. The summed E-state index contributed by atoms with van der Waals surface area (Å²) in [5, 5.41) is 3.64. The van der Waals surface area contributed by atoms with Gasteiger partial charge >= 0.3 is 0 Å². The van der Waals surface area contributed by atoms with Gasteiger partial charge in [-0.15, -0.1) is 0 Å². The quantitative estimate of drug-likeness (QED) is 0.852. The molecule has 1 fully saturated rings. The number of rotatable bonds is 4. The molecule has 0 bridgehead atoms. The second-order valence-corrected chi connectivity index (χ2v) is 7.76. The van der Waals surface area contributed by atoms with Crippen LogP contribution in [0, 0.1) is 13.8 Å². The molecule has 2 aromatic carbocycles. The highest BCUT2D eigenvalue weighted by Gasteiger charge is 2.28. The Labute approximate surface area is 171 Å². The maximum atomic E-state index is 12.7. The number of benzene rings is 2. The summed E-state index contributed by atoms with van der Waals surface area (Å²) in [5.74, 6) is -0.0202. The molecule has 5 nitrogen and oxygen atoms in total. The predicted molar refractivity (Wildman–Crippen MR) is 113 cm³/mol. The minimum atomic E-state index is -0.256. The highest BCUT2D eigenvalue weighted by molar-refractivity contribution is 6.30. The van der Waals surface area contributed by atoms with Crippen LogP contribution < -0.4 is 5.32 Å². The summed E-state index contributed by atoms with van der Waals surface area (Å²) in [4.78, 5) is 29.2. The number of carbonyl (C=O) groups excluding carboxylic acids is 2. The summed E-state index contributed by atoms with van der Waals surface area (Å²) >= 11 is 5.89. The van der Waals surface area contributed by atoms with Crippen molar-refractivity contribution < 1.29 is 9.59 Å². The normalized spacial score (nSPS) is 15.9. The summed E-state index contributed by atoms with van der Waals surface area (Å²) < 4.78 is 0. The number of hydrogen-bond acceptors (Lipinski definition) is 3. The minimum absolute atomic E-state index is 0.00343. The van der Waals surface area contributed by atoms with E-state index in [0.29, 0.717) is 36.8 Å².